The molecule has 8 atom stereocenters. The van der Waals surface area contributed by atoms with Crippen molar-refractivity contribution in [2.75, 3.05) is 34.5 Å². The highest BCUT2D eigenvalue weighted by Crippen LogP contribution is 2.71. The standard InChI is InChI=1S/C31H46O5.C2H6O.C2H6/c1-19-20-7-9-28(4)21-8-10-30(26(33)34-6)13-11-27(2,3)18-22(30)25(21)23(32)17-24(28)29(20,5)12-14-31(19)35-15-16-36-31;1-3-2;1-2/h17,19-22,25H,7-16,18H2,1-6H3;1-2H3;1-2H3. The van der Waals surface area contributed by atoms with Crippen molar-refractivity contribution in [2.24, 2.45) is 51.2 Å². The largest absolute Gasteiger partial charge is 0.469 e. The first kappa shape index (κ1) is 32.7. The first-order valence-corrected chi connectivity index (χ1v) is 16.4. The van der Waals surface area contributed by atoms with E-state index < -0.39 is 11.2 Å². The van der Waals surface area contributed by atoms with Crippen molar-refractivity contribution in [1.29, 1.82) is 0 Å². The van der Waals surface area contributed by atoms with Crippen LogP contribution in [0.5, 0.6) is 0 Å². The zero-order chi connectivity index (χ0) is 30.4. The van der Waals surface area contributed by atoms with Crippen LogP contribution in [0.1, 0.15) is 106 Å². The summed E-state index contributed by atoms with van der Waals surface area (Å²) >= 11 is 0. The van der Waals surface area contributed by atoms with Gasteiger partial charge in [-0.2, -0.15) is 0 Å². The van der Waals surface area contributed by atoms with Gasteiger partial charge in [-0.15, -0.1) is 0 Å². The smallest absolute Gasteiger partial charge is 0.312 e. The van der Waals surface area contributed by atoms with Crippen molar-refractivity contribution in [1.82, 2.24) is 0 Å². The molecular weight excluding hydrogens is 516 g/mol. The van der Waals surface area contributed by atoms with Crippen LogP contribution in [0.4, 0.5) is 0 Å². The third-order valence-electron chi connectivity index (χ3n) is 12.6. The predicted octanol–water partition coefficient (Wildman–Crippen LogP) is 7.39. The van der Waals surface area contributed by atoms with E-state index in [2.05, 4.69) is 45.4 Å². The zero-order valence-corrected chi connectivity index (χ0v) is 27.7. The molecule has 0 aromatic rings. The van der Waals surface area contributed by atoms with E-state index in [-0.39, 0.29) is 39.8 Å². The van der Waals surface area contributed by atoms with E-state index in [9.17, 15) is 9.59 Å². The number of methoxy groups -OCH3 is 2. The van der Waals surface area contributed by atoms with E-state index in [1.165, 1.54) is 12.7 Å². The van der Waals surface area contributed by atoms with Gasteiger partial charge in [-0.25, -0.2) is 0 Å². The van der Waals surface area contributed by atoms with Gasteiger partial charge in [-0.3, -0.25) is 9.59 Å². The molecule has 234 valence electrons. The SMILES string of the molecule is CC.COC.COC(=O)C12CCC3C(C(=O)C=C4C3(C)CCC3C(C)C5(CCC43C)OCCO5)C1CC(C)(C)CC2. The molecule has 0 bridgehead atoms. The number of hydrogen-bond acceptors (Lipinski definition) is 6. The van der Waals surface area contributed by atoms with Crippen molar-refractivity contribution in [2.45, 2.75) is 112 Å². The molecule has 5 aliphatic carbocycles. The van der Waals surface area contributed by atoms with Crippen LogP contribution in [0, 0.1) is 51.2 Å². The average molecular weight is 575 g/mol. The van der Waals surface area contributed by atoms with Crippen molar-refractivity contribution < 1.29 is 28.5 Å². The summed E-state index contributed by atoms with van der Waals surface area (Å²) in [7, 11) is 4.78. The minimum absolute atomic E-state index is 0.00364. The molecular formula is C35H58O6. The fourth-order valence-electron chi connectivity index (χ4n) is 10.6. The quantitative estimate of drug-likeness (QED) is 0.304. The fraction of sp³-hybridized carbons (Fsp3) is 0.886. The molecule has 6 rings (SSSR count). The molecule has 41 heavy (non-hydrogen) atoms. The second-order valence-electron chi connectivity index (χ2n) is 14.9. The monoisotopic (exact) mass is 574 g/mol. The minimum atomic E-state index is -0.493. The van der Waals surface area contributed by atoms with Gasteiger partial charge in [0.2, 0.25) is 0 Å². The maximum atomic E-state index is 14.2. The molecule has 6 nitrogen and oxygen atoms in total. The third-order valence-corrected chi connectivity index (χ3v) is 12.6. The Kier molecular flexibility index (Phi) is 9.31. The number of rotatable bonds is 1. The van der Waals surface area contributed by atoms with Gasteiger partial charge in [-0.05, 0) is 91.4 Å². The fourth-order valence-corrected chi connectivity index (χ4v) is 10.6. The number of esters is 1. The van der Waals surface area contributed by atoms with Gasteiger partial charge in [-0.1, -0.05) is 54.0 Å². The normalized spacial score (nSPS) is 43.4. The van der Waals surface area contributed by atoms with Crippen LogP contribution in [0.15, 0.2) is 11.6 Å². The first-order chi connectivity index (χ1) is 19.3. The molecule has 1 aliphatic heterocycles. The lowest BCUT2D eigenvalue weighted by Crippen LogP contribution is -2.62. The molecule has 0 amide bonds. The molecule has 6 heteroatoms. The summed E-state index contributed by atoms with van der Waals surface area (Å²) in [5.74, 6) is 0.866. The van der Waals surface area contributed by atoms with Crippen LogP contribution < -0.4 is 0 Å². The summed E-state index contributed by atoms with van der Waals surface area (Å²) < 4.78 is 22.1. The van der Waals surface area contributed by atoms with Crippen LogP contribution in [-0.4, -0.2) is 52.1 Å². The molecule has 5 fully saturated rings. The Hall–Kier alpha value is -1.24. The Morgan fingerprint density at radius 1 is 0.829 bits per heavy atom. The van der Waals surface area contributed by atoms with E-state index in [1.54, 1.807) is 14.2 Å². The highest BCUT2D eigenvalue weighted by atomic mass is 16.7. The number of allylic oxidation sites excluding steroid dienone is 2. The Bertz CT molecular complexity index is 1010. The lowest BCUT2D eigenvalue weighted by Gasteiger charge is -2.65. The topological polar surface area (TPSA) is 71.1 Å². The number of ether oxygens (including phenoxy) is 4. The van der Waals surface area contributed by atoms with Gasteiger partial charge in [0.15, 0.2) is 11.6 Å². The molecule has 0 aromatic carbocycles. The van der Waals surface area contributed by atoms with E-state index in [0.717, 1.165) is 57.8 Å². The van der Waals surface area contributed by atoms with E-state index in [4.69, 9.17) is 14.2 Å². The first-order valence-electron chi connectivity index (χ1n) is 16.4. The number of fused-ring (bicyclic) bond motifs is 7. The van der Waals surface area contributed by atoms with Crippen molar-refractivity contribution in [3.63, 3.8) is 0 Å². The van der Waals surface area contributed by atoms with Crippen LogP contribution in [-0.2, 0) is 28.5 Å². The summed E-state index contributed by atoms with van der Waals surface area (Å²) in [5, 5.41) is 0. The number of carbonyl (C=O) groups excluding carboxylic acids is 2. The lowest BCUT2D eigenvalue weighted by atomic mass is 9.39. The highest BCUT2D eigenvalue weighted by Gasteiger charge is 2.67. The van der Waals surface area contributed by atoms with Gasteiger partial charge >= 0.3 is 5.97 Å². The Morgan fingerprint density at radius 2 is 1.41 bits per heavy atom. The molecule has 1 spiro atoms. The Labute approximate surface area is 249 Å². The van der Waals surface area contributed by atoms with E-state index in [1.807, 2.05) is 13.8 Å². The summed E-state index contributed by atoms with van der Waals surface area (Å²) in [6.45, 7) is 17.2. The molecule has 1 heterocycles. The van der Waals surface area contributed by atoms with Gasteiger partial charge in [0.05, 0.1) is 25.7 Å². The number of hydrogen-bond donors (Lipinski definition) is 0. The average Bonchev–Trinajstić information content (AvgIpc) is 3.43. The molecule has 0 aromatic heterocycles. The maximum absolute atomic E-state index is 14.2. The third kappa shape index (κ3) is 4.96. The lowest BCUT2D eigenvalue weighted by molar-refractivity contribution is -0.245. The van der Waals surface area contributed by atoms with Crippen molar-refractivity contribution in [3.05, 3.63) is 11.6 Å². The second kappa shape index (κ2) is 11.7. The van der Waals surface area contributed by atoms with E-state index >= 15 is 0 Å². The Balaban J connectivity index is 0.000000728. The van der Waals surface area contributed by atoms with E-state index in [0.29, 0.717) is 31.0 Å². The minimum Gasteiger partial charge on any atom is -0.469 e. The van der Waals surface area contributed by atoms with Gasteiger partial charge < -0.3 is 18.9 Å². The van der Waals surface area contributed by atoms with Crippen molar-refractivity contribution in [3.8, 4) is 0 Å². The second-order valence-corrected chi connectivity index (χ2v) is 14.9. The maximum Gasteiger partial charge on any atom is 0.312 e. The summed E-state index contributed by atoms with van der Waals surface area (Å²) in [4.78, 5) is 27.5. The van der Waals surface area contributed by atoms with Crippen LogP contribution in [0.3, 0.4) is 0 Å². The molecule has 0 N–H and O–H groups in total. The highest BCUT2D eigenvalue weighted by molar-refractivity contribution is 5.95. The summed E-state index contributed by atoms with van der Waals surface area (Å²) in [6, 6.07) is 0. The number of ketones is 1. The molecule has 6 aliphatic rings. The van der Waals surface area contributed by atoms with Gasteiger partial charge in [0.25, 0.3) is 0 Å². The Morgan fingerprint density at radius 3 is 2.02 bits per heavy atom. The van der Waals surface area contributed by atoms with Crippen LogP contribution >= 0.6 is 0 Å². The zero-order valence-electron chi connectivity index (χ0n) is 27.7. The summed E-state index contributed by atoms with van der Waals surface area (Å²) in [6.07, 6.45) is 10.9. The predicted molar refractivity (Wildman–Crippen MR) is 161 cm³/mol. The summed E-state index contributed by atoms with van der Waals surface area (Å²) in [5.41, 5.74) is 1.06. The van der Waals surface area contributed by atoms with Crippen LogP contribution in [0.2, 0.25) is 0 Å². The van der Waals surface area contributed by atoms with Crippen molar-refractivity contribution >= 4 is 11.8 Å². The molecule has 4 saturated carbocycles. The molecule has 1 saturated heterocycles. The van der Waals surface area contributed by atoms with Crippen LogP contribution in [0.25, 0.3) is 0 Å². The number of carbonyl (C=O) groups is 2. The molecule has 0 radical (unpaired) electrons. The van der Waals surface area contributed by atoms with Gasteiger partial charge in [0, 0.05) is 32.5 Å². The molecule has 8 unspecified atom stereocenters. The van der Waals surface area contributed by atoms with Gasteiger partial charge in [0.1, 0.15) is 0 Å².